The molecule has 5 aromatic rings. The summed E-state index contributed by atoms with van der Waals surface area (Å²) in [5.41, 5.74) is -1.05. The van der Waals surface area contributed by atoms with Crippen molar-refractivity contribution in [1.82, 2.24) is 9.55 Å². The fourth-order valence-electron chi connectivity index (χ4n) is 5.09. The number of aryl methyl sites for hydroxylation is 1. The number of benzene rings is 2. The van der Waals surface area contributed by atoms with Gasteiger partial charge in [-0.2, -0.15) is 0 Å². The number of fused-ring (bicyclic) bond motifs is 1. The third kappa shape index (κ3) is 7.90. The molecule has 238 valence electrons. The zero-order chi connectivity index (χ0) is 32.6. The maximum Gasteiger partial charge on any atom is 0.261 e. The van der Waals surface area contributed by atoms with Crippen molar-refractivity contribution in [3.05, 3.63) is 119 Å². The Bertz CT molecular complexity index is 1880. The summed E-state index contributed by atoms with van der Waals surface area (Å²) < 4.78 is 52.4. The lowest BCUT2D eigenvalue weighted by Crippen LogP contribution is -2.32. The summed E-state index contributed by atoms with van der Waals surface area (Å²) in [6, 6.07) is 16.0. The van der Waals surface area contributed by atoms with Gasteiger partial charge in [0.05, 0.1) is 17.7 Å². The highest BCUT2D eigenvalue weighted by molar-refractivity contribution is 6.05. The average molecular weight is 631 g/mol. The maximum absolute atomic E-state index is 15.6. The number of nitrogens with one attached hydrogen (secondary N) is 1. The summed E-state index contributed by atoms with van der Waals surface area (Å²) in [4.78, 5) is 32.9. The molecule has 0 bridgehead atoms. The first-order chi connectivity index (χ1) is 22.2. The highest BCUT2D eigenvalue weighted by Gasteiger charge is 2.20. The van der Waals surface area contributed by atoms with E-state index in [2.05, 4.69) is 27.3 Å². The van der Waals surface area contributed by atoms with E-state index in [1.165, 1.54) is 29.0 Å². The lowest BCUT2D eigenvalue weighted by molar-refractivity contribution is -0.697. The molecule has 1 amide bonds. The molecule has 2 aromatic carbocycles. The third-order valence-electron chi connectivity index (χ3n) is 7.44. The van der Waals surface area contributed by atoms with Crippen molar-refractivity contribution in [1.29, 1.82) is 0 Å². The second-order valence-corrected chi connectivity index (χ2v) is 11.1. The number of nitrogens with zero attached hydrogens (tertiary/aromatic N) is 4. The molecule has 0 saturated carbocycles. The number of carbonyl (C=O) groups is 1. The molecule has 0 fully saturated rings. The van der Waals surface area contributed by atoms with Gasteiger partial charge in [0.2, 0.25) is 5.43 Å². The van der Waals surface area contributed by atoms with E-state index in [0.29, 0.717) is 24.2 Å². The smallest absolute Gasteiger partial charge is 0.261 e. The molecule has 0 saturated heterocycles. The molecular weight excluding hydrogens is 595 g/mol. The standard InChI is InChI=1S/C35H34F3N5O3/c1-41(2)32-14-12-28-33(44)29(35(45)39-26-20-24(36)19-25(37)21-26)23-43(34(28)40-32)31-13-11-27(22-30(31)38)46-18-10-5-3-4-7-15-42-16-8-6-9-17-42/h6,8-9,11-14,16-17,19-23H,3-5,7,10,15,18H2,1-2H3/p+1. The largest absolute Gasteiger partial charge is 0.493 e. The molecule has 0 aliphatic carbocycles. The highest BCUT2D eigenvalue weighted by Crippen LogP contribution is 2.25. The second-order valence-electron chi connectivity index (χ2n) is 11.1. The highest BCUT2D eigenvalue weighted by atomic mass is 19.1. The molecule has 11 heteroatoms. The van der Waals surface area contributed by atoms with E-state index in [1.54, 1.807) is 31.1 Å². The Balaban J connectivity index is 1.32. The van der Waals surface area contributed by atoms with Crippen molar-refractivity contribution >= 4 is 28.4 Å². The average Bonchev–Trinajstić information content (AvgIpc) is 3.02. The Morgan fingerprint density at radius 2 is 1.63 bits per heavy atom. The predicted molar refractivity (Wildman–Crippen MR) is 171 cm³/mol. The summed E-state index contributed by atoms with van der Waals surface area (Å²) in [5.74, 6) is -2.51. The molecular formula is C35H35F3N5O3+. The van der Waals surface area contributed by atoms with Gasteiger partial charge in [-0.15, -0.1) is 0 Å². The number of unbranched alkanes of at least 4 members (excludes halogenated alkanes) is 4. The monoisotopic (exact) mass is 630 g/mol. The Labute approximate surface area is 264 Å². The van der Waals surface area contributed by atoms with Crippen LogP contribution in [0.1, 0.15) is 42.5 Å². The van der Waals surface area contributed by atoms with E-state index in [9.17, 15) is 18.4 Å². The number of hydrogen-bond acceptors (Lipinski definition) is 5. The topological polar surface area (TPSA) is 80.3 Å². The van der Waals surface area contributed by atoms with Gasteiger partial charge in [0, 0.05) is 56.7 Å². The van der Waals surface area contributed by atoms with Gasteiger partial charge in [-0.25, -0.2) is 22.7 Å². The first-order valence-corrected chi connectivity index (χ1v) is 15.1. The van der Waals surface area contributed by atoms with E-state index < -0.39 is 28.8 Å². The van der Waals surface area contributed by atoms with Crippen LogP contribution in [0.15, 0.2) is 90.1 Å². The van der Waals surface area contributed by atoms with E-state index in [1.807, 2.05) is 18.2 Å². The summed E-state index contributed by atoms with van der Waals surface area (Å²) in [6.07, 6.45) is 10.4. The first kappa shape index (κ1) is 32.2. The summed E-state index contributed by atoms with van der Waals surface area (Å²) in [7, 11) is 3.54. The van der Waals surface area contributed by atoms with Crippen molar-refractivity contribution in [3.63, 3.8) is 0 Å². The lowest BCUT2D eigenvalue weighted by Gasteiger charge is -2.17. The van der Waals surface area contributed by atoms with Crippen molar-refractivity contribution in [2.45, 2.75) is 38.6 Å². The van der Waals surface area contributed by atoms with Crippen LogP contribution in [0.25, 0.3) is 16.7 Å². The minimum absolute atomic E-state index is 0.0305. The minimum Gasteiger partial charge on any atom is -0.493 e. The van der Waals surface area contributed by atoms with E-state index in [-0.39, 0.29) is 28.0 Å². The summed E-state index contributed by atoms with van der Waals surface area (Å²) >= 11 is 0. The Morgan fingerprint density at radius 1 is 0.913 bits per heavy atom. The van der Waals surface area contributed by atoms with Gasteiger partial charge in [0.15, 0.2) is 23.9 Å². The molecule has 5 rings (SSSR count). The predicted octanol–water partition coefficient (Wildman–Crippen LogP) is 6.44. The van der Waals surface area contributed by atoms with Crippen LogP contribution in [0.5, 0.6) is 5.75 Å². The molecule has 0 aliphatic heterocycles. The van der Waals surface area contributed by atoms with Gasteiger partial charge >= 0.3 is 0 Å². The number of aromatic nitrogens is 3. The molecule has 0 spiro atoms. The minimum atomic E-state index is -0.915. The van der Waals surface area contributed by atoms with Crippen LogP contribution in [0.3, 0.4) is 0 Å². The Morgan fingerprint density at radius 3 is 2.35 bits per heavy atom. The van der Waals surface area contributed by atoms with Crippen molar-refractivity contribution < 1.29 is 27.3 Å². The number of rotatable bonds is 13. The van der Waals surface area contributed by atoms with Crippen LogP contribution < -0.4 is 24.9 Å². The molecule has 0 atom stereocenters. The fourth-order valence-corrected chi connectivity index (χ4v) is 5.09. The van der Waals surface area contributed by atoms with Gasteiger partial charge in [-0.05, 0) is 49.2 Å². The van der Waals surface area contributed by atoms with Crippen molar-refractivity contribution in [3.8, 4) is 11.4 Å². The zero-order valence-electron chi connectivity index (χ0n) is 25.7. The van der Waals surface area contributed by atoms with Gasteiger partial charge in [-0.3, -0.25) is 14.2 Å². The van der Waals surface area contributed by atoms with Gasteiger partial charge < -0.3 is 15.0 Å². The van der Waals surface area contributed by atoms with Crippen LogP contribution in [-0.2, 0) is 6.54 Å². The molecule has 8 nitrogen and oxygen atoms in total. The molecule has 0 radical (unpaired) electrons. The van der Waals surface area contributed by atoms with Crippen LogP contribution >= 0.6 is 0 Å². The summed E-state index contributed by atoms with van der Waals surface area (Å²) in [5, 5.41) is 2.41. The van der Waals surface area contributed by atoms with E-state index in [0.717, 1.165) is 50.8 Å². The van der Waals surface area contributed by atoms with Crippen LogP contribution in [-0.4, -0.2) is 36.2 Å². The molecule has 3 heterocycles. The normalized spacial score (nSPS) is 11.1. The fraction of sp³-hybridized carbons (Fsp3) is 0.257. The Hall–Kier alpha value is -5.19. The van der Waals surface area contributed by atoms with E-state index >= 15 is 4.39 Å². The number of pyridine rings is 3. The first-order valence-electron chi connectivity index (χ1n) is 15.1. The molecule has 0 unspecified atom stereocenters. The second kappa shape index (κ2) is 14.7. The lowest BCUT2D eigenvalue weighted by atomic mass is 10.1. The number of ether oxygens (including phenoxy) is 1. The number of amides is 1. The number of halogens is 3. The molecule has 1 N–H and O–H groups in total. The third-order valence-corrected chi connectivity index (χ3v) is 7.44. The van der Waals surface area contributed by atoms with Gasteiger partial charge in [0.1, 0.15) is 35.3 Å². The van der Waals surface area contributed by atoms with E-state index in [4.69, 9.17) is 4.74 Å². The van der Waals surface area contributed by atoms with Crippen LogP contribution in [0.2, 0.25) is 0 Å². The van der Waals surface area contributed by atoms with Gasteiger partial charge in [-0.1, -0.05) is 18.9 Å². The van der Waals surface area contributed by atoms with Crippen molar-refractivity contribution in [2.24, 2.45) is 0 Å². The quantitative estimate of drug-likeness (QED) is 0.120. The number of carbonyl (C=O) groups excluding carboxylic acids is 1. The van der Waals surface area contributed by atoms with Crippen LogP contribution in [0, 0.1) is 17.5 Å². The Kier molecular flexibility index (Phi) is 10.3. The molecule has 3 aromatic heterocycles. The number of hydrogen-bond donors (Lipinski definition) is 1. The van der Waals surface area contributed by atoms with Gasteiger partial charge in [0.25, 0.3) is 5.91 Å². The number of anilines is 2. The zero-order valence-corrected chi connectivity index (χ0v) is 25.7. The maximum atomic E-state index is 15.6. The SMILES string of the molecule is CN(C)c1ccc2c(=O)c(C(=O)Nc3cc(F)cc(F)c3)cn(-c3ccc(OCCCCCCC[n+]4ccccc4)cc3F)c2n1. The molecule has 0 aliphatic rings. The van der Waals surface area contributed by atoms with Crippen LogP contribution in [0.4, 0.5) is 24.7 Å². The summed E-state index contributed by atoms with van der Waals surface area (Å²) in [6.45, 7) is 1.42. The van der Waals surface area contributed by atoms with Crippen molar-refractivity contribution in [2.75, 3.05) is 30.9 Å². The molecule has 46 heavy (non-hydrogen) atoms.